The van der Waals surface area contributed by atoms with Gasteiger partial charge in [-0.1, -0.05) is 0 Å². The minimum Gasteiger partial charge on any atom is -0.480 e. The molecule has 0 aromatic carbocycles. The van der Waals surface area contributed by atoms with Crippen LogP contribution in [0.15, 0.2) is 0 Å². The molecular weight excluding hydrogens is 222 g/mol. The van der Waals surface area contributed by atoms with Gasteiger partial charge in [0, 0.05) is 26.2 Å². The molecule has 0 bridgehead atoms. The summed E-state index contributed by atoms with van der Waals surface area (Å²) in [7, 11) is 0. The maximum atomic E-state index is 10.4. The number of nitrogens with zero attached hydrogens (tertiary/aromatic N) is 1. The molecule has 5 nitrogen and oxygen atoms in total. The first-order valence-corrected chi connectivity index (χ1v) is 6.41. The van der Waals surface area contributed by atoms with E-state index in [1.165, 1.54) is 12.8 Å². The molecule has 2 aliphatic rings. The molecule has 0 saturated carbocycles. The van der Waals surface area contributed by atoms with Crippen LogP contribution in [0.4, 0.5) is 0 Å². The number of likely N-dealkylation sites (tertiary alicyclic amines) is 1. The summed E-state index contributed by atoms with van der Waals surface area (Å²) < 4.78 is 10.9. The van der Waals surface area contributed by atoms with E-state index >= 15 is 0 Å². The van der Waals surface area contributed by atoms with Crippen LogP contribution in [0, 0.1) is 0 Å². The molecule has 1 atom stereocenters. The summed E-state index contributed by atoms with van der Waals surface area (Å²) in [5.74, 6) is -0.883. The van der Waals surface area contributed by atoms with E-state index in [-0.39, 0.29) is 12.7 Å². The van der Waals surface area contributed by atoms with Gasteiger partial charge in [0.05, 0.1) is 12.2 Å². The quantitative estimate of drug-likeness (QED) is 0.771. The number of ether oxygens (including phenoxy) is 2. The minimum absolute atomic E-state index is 0.117. The van der Waals surface area contributed by atoms with Gasteiger partial charge in [-0.05, 0) is 25.7 Å². The predicted octanol–water partition coefficient (Wildman–Crippen LogP) is 0.731. The second-order valence-electron chi connectivity index (χ2n) is 4.84. The molecule has 0 aliphatic carbocycles. The van der Waals surface area contributed by atoms with Crippen molar-refractivity contribution in [3.8, 4) is 0 Å². The number of rotatable bonds is 5. The Kier molecular flexibility index (Phi) is 4.76. The maximum Gasteiger partial charge on any atom is 0.329 e. The third kappa shape index (κ3) is 4.26. The first-order chi connectivity index (χ1) is 8.24. The Hall–Kier alpha value is -0.650. The topological polar surface area (TPSA) is 59.0 Å². The average Bonchev–Trinajstić information content (AvgIpc) is 2.81. The van der Waals surface area contributed by atoms with Crippen molar-refractivity contribution in [2.24, 2.45) is 0 Å². The molecule has 1 N–H and O–H groups in total. The van der Waals surface area contributed by atoms with E-state index in [9.17, 15) is 4.79 Å². The van der Waals surface area contributed by atoms with Crippen molar-refractivity contribution in [1.82, 2.24) is 4.90 Å². The normalized spacial score (nSPS) is 27.4. The number of piperidine rings is 1. The van der Waals surface area contributed by atoms with Crippen molar-refractivity contribution in [1.29, 1.82) is 0 Å². The lowest BCUT2D eigenvalue weighted by Crippen LogP contribution is -2.41. The largest absolute Gasteiger partial charge is 0.480 e. The number of hydrogen-bond acceptors (Lipinski definition) is 4. The molecule has 0 amide bonds. The first-order valence-electron chi connectivity index (χ1n) is 6.41. The van der Waals surface area contributed by atoms with Gasteiger partial charge in [-0.3, -0.25) is 0 Å². The monoisotopic (exact) mass is 243 g/mol. The smallest absolute Gasteiger partial charge is 0.329 e. The Bertz CT molecular complexity index is 245. The van der Waals surface area contributed by atoms with E-state index in [1.807, 2.05) is 0 Å². The molecule has 98 valence electrons. The average molecular weight is 243 g/mol. The lowest BCUT2D eigenvalue weighted by Gasteiger charge is -2.32. The minimum atomic E-state index is -0.883. The van der Waals surface area contributed by atoms with Crippen LogP contribution in [-0.4, -0.2) is 61.0 Å². The van der Waals surface area contributed by atoms with Gasteiger partial charge in [-0.15, -0.1) is 0 Å². The van der Waals surface area contributed by atoms with Gasteiger partial charge in [0.1, 0.15) is 6.61 Å². The summed E-state index contributed by atoms with van der Waals surface area (Å²) in [6.45, 7) is 3.74. The summed E-state index contributed by atoms with van der Waals surface area (Å²) in [5.41, 5.74) is 0. The van der Waals surface area contributed by atoms with E-state index in [4.69, 9.17) is 14.6 Å². The molecule has 2 heterocycles. The summed E-state index contributed by atoms with van der Waals surface area (Å²) >= 11 is 0. The molecular formula is C12H21NO4. The van der Waals surface area contributed by atoms with Crippen LogP contribution in [0.5, 0.6) is 0 Å². The Labute approximate surface area is 102 Å². The zero-order chi connectivity index (χ0) is 12.1. The van der Waals surface area contributed by atoms with Crippen molar-refractivity contribution in [2.45, 2.75) is 37.9 Å². The second-order valence-corrected chi connectivity index (χ2v) is 4.84. The van der Waals surface area contributed by atoms with Gasteiger partial charge in [0.2, 0.25) is 0 Å². The lowest BCUT2D eigenvalue weighted by atomic mass is 10.1. The standard InChI is InChI=1S/C12H21NO4/c14-12(15)9-17-10-3-5-13(6-4-10)8-11-2-1-7-16-11/h10-11H,1-9H2,(H,14,15). The number of aliphatic carboxylic acids is 1. The van der Waals surface area contributed by atoms with E-state index in [2.05, 4.69) is 4.90 Å². The number of carboxylic acids is 1. The highest BCUT2D eigenvalue weighted by Gasteiger charge is 2.24. The van der Waals surface area contributed by atoms with Crippen LogP contribution >= 0.6 is 0 Å². The fraction of sp³-hybridized carbons (Fsp3) is 0.917. The van der Waals surface area contributed by atoms with Gasteiger partial charge in [-0.25, -0.2) is 4.79 Å². The molecule has 2 fully saturated rings. The molecule has 0 aromatic rings. The molecule has 0 aromatic heterocycles. The zero-order valence-electron chi connectivity index (χ0n) is 10.1. The lowest BCUT2D eigenvalue weighted by molar-refractivity contribution is -0.145. The predicted molar refractivity (Wildman–Crippen MR) is 62.0 cm³/mol. The molecule has 5 heteroatoms. The third-order valence-corrected chi connectivity index (χ3v) is 3.46. The van der Waals surface area contributed by atoms with Crippen LogP contribution < -0.4 is 0 Å². The highest BCUT2D eigenvalue weighted by atomic mass is 16.5. The van der Waals surface area contributed by atoms with Gasteiger partial charge in [0.15, 0.2) is 0 Å². The molecule has 2 aliphatic heterocycles. The van der Waals surface area contributed by atoms with Gasteiger partial charge < -0.3 is 19.5 Å². The van der Waals surface area contributed by atoms with Gasteiger partial charge >= 0.3 is 5.97 Å². The van der Waals surface area contributed by atoms with E-state index in [0.717, 1.165) is 39.1 Å². The molecule has 2 rings (SSSR count). The van der Waals surface area contributed by atoms with Crippen LogP contribution in [0.1, 0.15) is 25.7 Å². The summed E-state index contributed by atoms with van der Waals surface area (Å²) in [6.07, 6.45) is 4.75. The fourth-order valence-corrected chi connectivity index (χ4v) is 2.52. The molecule has 0 spiro atoms. The summed E-state index contributed by atoms with van der Waals surface area (Å²) in [4.78, 5) is 12.8. The fourth-order valence-electron chi connectivity index (χ4n) is 2.52. The maximum absolute atomic E-state index is 10.4. The Morgan fingerprint density at radius 1 is 1.35 bits per heavy atom. The SMILES string of the molecule is O=C(O)COC1CCN(CC2CCCO2)CC1. The van der Waals surface area contributed by atoms with E-state index < -0.39 is 5.97 Å². The molecule has 17 heavy (non-hydrogen) atoms. The summed E-state index contributed by atoms with van der Waals surface area (Å²) in [6, 6.07) is 0. The molecule has 0 radical (unpaired) electrons. The van der Waals surface area contributed by atoms with Crippen LogP contribution in [0.3, 0.4) is 0 Å². The molecule has 2 saturated heterocycles. The molecule has 1 unspecified atom stereocenters. The zero-order valence-corrected chi connectivity index (χ0v) is 10.1. The Morgan fingerprint density at radius 3 is 2.71 bits per heavy atom. The van der Waals surface area contributed by atoms with Crippen molar-refractivity contribution in [3.05, 3.63) is 0 Å². The van der Waals surface area contributed by atoms with Crippen LogP contribution in [0.2, 0.25) is 0 Å². The Morgan fingerprint density at radius 2 is 2.12 bits per heavy atom. The van der Waals surface area contributed by atoms with Crippen LogP contribution in [0.25, 0.3) is 0 Å². The second kappa shape index (κ2) is 6.33. The van der Waals surface area contributed by atoms with E-state index in [0.29, 0.717) is 6.10 Å². The first kappa shape index (κ1) is 12.8. The van der Waals surface area contributed by atoms with Crippen molar-refractivity contribution >= 4 is 5.97 Å². The highest BCUT2D eigenvalue weighted by molar-refractivity contribution is 5.68. The third-order valence-electron chi connectivity index (χ3n) is 3.46. The van der Waals surface area contributed by atoms with Crippen molar-refractivity contribution in [3.63, 3.8) is 0 Å². The number of hydrogen-bond donors (Lipinski definition) is 1. The number of carboxylic acid groups (broad SMARTS) is 1. The van der Waals surface area contributed by atoms with Crippen molar-refractivity contribution < 1.29 is 19.4 Å². The van der Waals surface area contributed by atoms with Crippen LogP contribution in [-0.2, 0) is 14.3 Å². The highest BCUT2D eigenvalue weighted by Crippen LogP contribution is 2.18. The van der Waals surface area contributed by atoms with Gasteiger partial charge in [-0.2, -0.15) is 0 Å². The van der Waals surface area contributed by atoms with Gasteiger partial charge in [0.25, 0.3) is 0 Å². The number of carbonyl (C=O) groups is 1. The summed E-state index contributed by atoms with van der Waals surface area (Å²) in [5, 5.41) is 8.53. The van der Waals surface area contributed by atoms with E-state index in [1.54, 1.807) is 0 Å². The van der Waals surface area contributed by atoms with Crippen molar-refractivity contribution in [2.75, 3.05) is 32.8 Å². The Balaban J connectivity index is 1.61.